The third kappa shape index (κ3) is 5.61. The SMILES string of the molecule is C[C@@H](NC(=O)/C=C\c1ccccc1)C(=O)N(C)Cc1cccc(Cl)c1Cl. The maximum atomic E-state index is 12.5. The maximum absolute atomic E-state index is 12.5. The quantitative estimate of drug-likeness (QED) is 0.752. The number of benzene rings is 2. The van der Waals surface area contributed by atoms with Crippen LogP contribution in [-0.4, -0.2) is 29.8 Å². The summed E-state index contributed by atoms with van der Waals surface area (Å²) in [5, 5.41) is 3.54. The van der Waals surface area contributed by atoms with Crippen LogP contribution in [0.3, 0.4) is 0 Å². The van der Waals surface area contributed by atoms with Crippen LogP contribution in [0, 0.1) is 0 Å². The Kier molecular flexibility index (Phi) is 7.25. The Morgan fingerprint density at radius 2 is 1.81 bits per heavy atom. The summed E-state index contributed by atoms with van der Waals surface area (Å²) in [6, 6.07) is 14.1. The van der Waals surface area contributed by atoms with Crippen LogP contribution in [0.2, 0.25) is 10.0 Å². The molecule has 0 aliphatic carbocycles. The van der Waals surface area contributed by atoms with Crippen molar-refractivity contribution in [3.05, 3.63) is 75.8 Å². The molecule has 0 radical (unpaired) electrons. The monoisotopic (exact) mass is 390 g/mol. The van der Waals surface area contributed by atoms with Gasteiger partial charge < -0.3 is 10.2 Å². The highest BCUT2D eigenvalue weighted by atomic mass is 35.5. The van der Waals surface area contributed by atoms with Crippen LogP contribution in [0.4, 0.5) is 0 Å². The highest BCUT2D eigenvalue weighted by Crippen LogP contribution is 2.26. The van der Waals surface area contributed by atoms with Gasteiger partial charge in [0.1, 0.15) is 6.04 Å². The first kappa shape index (κ1) is 20.0. The molecule has 2 amide bonds. The zero-order valence-electron chi connectivity index (χ0n) is 14.6. The topological polar surface area (TPSA) is 49.4 Å². The molecule has 0 bridgehead atoms. The summed E-state index contributed by atoms with van der Waals surface area (Å²) in [7, 11) is 1.65. The Morgan fingerprint density at radius 3 is 2.50 bits per heavy atom. The van der Waals surface area contributed by atoms with Crippen molar-refractivity contribution in [2.75, 3.05) is 7.05 Å². The average molecular weight is 391 g/mol. The van der Waals surface area contributed by atoms with Gasteiger partial charge in [-0.2, -0.15) is 0 Å². The molecular formula is C20H20Cl2N2O2. The lowest BCUT2D eigenvalue weighted by Gasteiger charge is -2.22. The van der Waals surface area contributed by atoms with Crippen LogP contribution in [0.25, 0.3) is 6.08 Å². The number of carbonyl (C=O) groups is 2. The smallest absolute Gasteiger partial charge is 0.244 e. The van der Waals surface area contributed by atoms with Gasteiger partial charge in [-0.25, -0.2) is 0 Å². The van der Waals surface area contributed by atoms with Crippen LogP contribution >= 0.6 is 23.2 Å². The first-order chi connectivity index (χ1) is 12.4. The van der Waals surface area contributed by atoms with Crippen LogP contribution in [0.5, 0.6) is 0 Å². The number of nitrogens with one attached hydrogen (secondary N) is 1. The van der Waals surface area contributed by atoms with E-state index in [1.165, 1.54) is 11.0 Å². The Morgan fingerprint density at radius 1 is 1.12 bits per heavy atom. The molecule has 2 aromatic carbocycles. The number of hydrogen-bond acceptors (Lipinski definition) is 2. The Balaban J connectivity index is 1.92. The second kappa shape index (κ2) is 9.41. The highest BCUT2D eigenvalue weighted by Gasteiger charge is 2.19. The number of likely N-dealkylation sites (N-methyl/N-ethyl adjacent to an activating group) is 1. The molecule has 0 aliphatic heterocycles. The molecule has 0 heterocycles. The number of halogens is 2. The fourth-order valence-electron chi connectivity index (χ4n) is 2.39. The predicted molar refractivity (Wildman–Crippen MR) is 106 cm³/mol. The minimum atomic E-state index is -0.661. The number of rotatable bonds is 6. The van der Waals surface area contributed by atoms with Gasteiger partial charge >= 0.3 is 0 Å². The second-order valence-electron chi connectivity index (χ2n) is 5.88. The van der Waals surface area contributed by atoms with Crippen LogP contribution in [0.1, 0.15) is 18.1 Å². The minimum Gasteiger partial charge on any atom is -0.341 e. The molecular weight excluding hydrogens is 371 g/mol. The third-order valence-corrected chi connectivity index (χ3v) is 4.63. The van der Waals surface area contributed by atoms with Crippen molar-refractivity contribution < 1.29 is 9.59 Å². The maximum Gasteiger partial charge on any atom is 0.244 e. The lowest BCUT2D eigenvalue weighted by molar-refractivity contribution is -0.134. The number of hydrogen-bond donors (Lipinski definition) is 1. The molecule has 0 spiro atoms. The molecule has 0 fully saturated rings. The molecule has 0 aliphatic rings. The fraction of sp³-hybridized carbons (Fsp3) is 0.200. The van der Waals surface area contributed by atoms with Crippen molar-refractivity contribution in [3.63, 3.8) is 0 Å². The van der Waals surface area contributed by atoms with Gasteiger partial charge in [0.05, 0.1) is 10.0 Å². The standard InChI is InChI=1S/C20H20Cl2N2O2/c1-14(23-18(25)12-11-15-7-4-3-5-8-15)20(26)24(2)13-16-9-6-10-17(21)19(16)22/h3-12,14H,13H2,1-2H3,(H,23,25)/b12-11-/t14-/m1/s1. The van der Waals surface area contributed by atoms with E-state index >= 15 is 0 Å². The van der Waals surface area contributed by atoms with Crippen molar-refractivity contribution in [3.8, 4) is 0 Å². The molecule has 2 aromatic rings. The molecule has 26 heavy (non-hydrogen) atoms. The van der Waals surface area contributed by atoms with Crippen molar-refractivity contribution in [2.24, 2.45) is 0 Å². The Labute approximate surface area is 163 Å². The van der Waals surface area contributed by atoms with E-state index in [0.29, 0.717) is 16.6 Å². The van der Waals surface area contributed by atoms with Crippen molar-refractivity contribution in [1.29, 1.82) is 0 Å². The summed E-state index contributed by atoms with van der Waals surface area (Å²) >= 11 is 12.2. The third-order valence-electron chi connectivity index (χ3n) is 3.77. The van der Waals surface area contributed by atoms with E-state index in [9.17, 15) is 9.59 Å². The molecule has 6 heteroatoms. The largest absolute Gasteiger partial charge is 0.341 e. The lowest BCUT2D eigenvalue weighted by Crippen LogP contribution is -2.44. The van der Waals surface area contributed by atoms with E-state index in [0.717, 1.165) is 11.1 Å². The molecule has 1 N–H and O–H groups in total. The van der Waals surface area contributed by atoms with Gasteiger partial charge in [-0.15, -0.1) is 0 Å². The molecule has 136 valence electrons. The first-order valence-corrected chi connectivity index (χ1v) is 8.85. The Bertz CT molecular complexity index is 807. The summed E-state index contributed by atoms with van der Waals surface area (Å²) in [6.45, 7) is 1.95. The molecule has 0 saturated heterocycles. The molecule has 0 aromatic heterocycles. The van der Waals surface area contributed by atoms with Crippen molar-refractivity contribution in [1.82, 2.24) is 10.2 Å². The summed E-state index contributed by atoms with van der Waals surface area (Å²) in [5.74, 6) is -0.550. The van der Waals surface area contributed by atoms with Crippen molar-refractivity contribution >= 4 is 41.1 Å². The van der Waals surface area contributed by atoms with E-state index < -0.39 is 6.04 Å². The normalized spacial score (nSPS) is 12.0. The minimum absolute atomic E-state index is 0.220. The van der Waals surface area contributed by atoms with Gasteiger partial charge in [0.2, 0.25) is 11.8 Å². The van der Waals surface area contributed by atoms with E-state index in [1.807, 2.05) is 36.4 Å². The van der Waals surface area contributed by atoms with Crippen molar-refractivity contribution in [2.45, 2.75) is 19.5 Å². The van der Waals surface area contributed by atoms with E-state index in [-0.39, 0.29) is 11.8 Å². The zero-order valence-corrected chi connectivity index (χ0v) is 16.1. The molecule has 0 saturated carbocycles. The number of amides is 2. The number of carbonyl (C=O) groups excluding carboxylic acids is 2. The van der Waals surface area contributed by atoms with Gasteiger partial charge in [-0.3, -0.25) is 9.59 Å². The lowest BCUT2D eigenvalue weighted by atomic mass is 10.2. The van der Waals surface area contributed by atoms with Gasteiger partial charge in [0.25, 0.3) is 0 Å². The molecule has 4 nitrogen and oxygen atoms in total. The van der Waals surface area contributed by atoms with Gasteiger partial charge in [-0.05, 0) is 30.2 Å². The van der Waals surface area contributed by atoms with Gasteiger partial charge in [-0.1, -0.05) is 65.7 Å². The van der Waals surface area contributed by atoms with E-state index in [2.05, 4.69) is 5.32 Å². The average Bonchev–Trinajstić information content (AvgIpc) is 2.64. The van der Waals surface area contributed by atoms with E-state index in [1.54, 1.807) is 32.2 Å². The summed E-state index contributed by atoms with van der Waals surface area (Å²) in [6.07, 6.45) is 3.11. The van der Waals surface area contributed by atoms with Crippen LogP contribution in [-0.2, 0) is 16.1 Å². The number of nitrogens with zero attached hydrogens (tertiary/aromatic N) is 1. The Hall–Kier alpha value is -2.30. The highest BCUT2D eigenvalue weighted by molar-refractivity contribution is 6.42. The van der Waals surface area contributed by atoms with Gasteiger partial charge in [0, 0.05) is 19.7 Å². The molecule has 0 unspecified atom stereocenters. The summed E-state index contributed by atoms with van der Waals surface area (Å²) < 4.78 is 0. The summed E-state index contributed by atoms with van der Waals surface area (Å²) in [5.41, 5.74) is 1.66. The van der Waals surface area contributed by atoms with Gasteiger partial charge in [0.15, 0.2) is 0 Å². The fourth-order valence-corrected chi connectivity index (χ4v) is 2.77. The summed E-state index contributed by atoms with van der Waals surface area (Å²) in [4.78, 5) is 26.0. The van der Waals surface area contributed by atoms with Crippen LogP contribution in [0.15, 0.2) is 54.6 Å². The molecule has 1 atom stereocenters. The first-order valence-electron chi connectivity index (χ1n) is 8.10. The van der Waals surface area contributed by atoms with E-state index in [4.69, 9.17) is 23.2 Å². The molecule has 2 rings (SSSR count). The van der Waals surface area contributed by atoms with Crippen LogP contribution < -0.4 is 5.32 Å². The zero-order chi connectivity index (χ0) is 19.1. The predicted octanol–water partition coefficient (Wildman–Crippen LogP) is 4.17. The second-order valence-corrected chi connectivity index (χ2v) is 6.67.